The number of ether oxygens (including phenoxy) is 1. The Hall–Kier alpha value is -1.64. The van der Waals surface area contributed by atoms with Crippen LogP contribution in [0.5, 0.6) is 0 Å². The molecule has 0 fully saturated rings. The van der Waals surface area contributed by atoms with Gasteiger partial charge in [-0.3, -0.25) is 0 Å². The van der Waals surface area contributed by atoms with Gasteiger partial charge in [0.15, 0.2) is 0 Å². The number of aliphatic hydroxyl groups excluding tert-OH is 1. The van der Waals surface area contributed by atoms with Gasteiger partial charge in [0.1, 0.15) is 0 Å². The van der Waals surface area contributed by atoms with Crippen molar-refractivity contribution in [1.82, 2.24) is 0 Å². The lowest BCUT2D eigenvalue weighted by molar-refractivity contribution is 0.177. The van der Waals surface area contributed by atoms with Crippen LogP contribution in [0.3, 0.4) is 0 Å². The predicted molar refractivity (Wildman–Crippen MR) is 72.3 cm³/mol. The Labute approximate surface area is 108 Å². The van der Waals surface area contributed by atoms with Crippen molar-refractivity contribution in [1.29, 1.82) is 0 Å². The molecule has 0 saturated heterocycles. The van der Waals surface area contributed by atoms with Crippen LogP contribution < -0.4 is 0 Å². The molecule has 1 unspecified atom stereocenters. The summed E-state index contributed by atoms with van der Waals surface area (Å²) in [6.07, 6.45) is 0.189. The molecule has 2 nitrogen and oxygen atoms in total. The van der Waals surface area contributed by atoms with Crippen molar-refractivity contribution in [3.05, 3.63) is 71.3 Å². The molecule has 94 valence electrons. The van der Waals surface area contributed by atoms with Gasteiger partial charge < -0.3 is 9.84 Å². The van der Waals surface area contributed by atoms with Crippen LogP contribution in [0.25, 0.3) is 0 Å². The van der Waals surface area contributed by atoms with Crippen LogP contribution in [0.2, 0.25) is 0 Å². The highest BCUT2D eigenvalue weighted by Crippen LogP contribution is 2.18. The average molecular weight is 242 g/mol. The second kappa shape index (κ2) is 6.34. The summed E-state index contributed by atoms with van der Waals surface area (Å²) >= 11 is 0. The second-order valence-electron chi connectivity index (χ2n) is 4.38. The molecule has 2 rings (SSSR count). The van der Waals surface area contributed by atoms with Crippen molar-refractivity contribution in [2.75, 3.05) is 7.11 Å². The van der Waals surface area contributed by atoms with Crippen molar-refractivity contribution in [2.45, 2.75) is 19.1 Å². The van der Waals surface area contributed by atoms with Gasteiger partial charge in [0.05, 0.1) is 12.7 Å². The van der Waals surface area contributed by atoms with E-state index in [1.54, 1.807) is 7.11 Å². The van der Waals surface area contributed by atoms with E-state index in [1.165, 1.54) is 0 Å². The normalized spacial score (nSPS) is 12.3. The summed E-state index contributed by atoms with van der Waals surface area (Å²) in [5.41, 5.74) is 3.21. The van der Waals surface area contributed by atoms with Gasteiger partial charge in [0.25, 0.3) is 0 Å². The van der Waals surface area contributed by atoms with Gasteiger partial charge in [0, 0.05) is 13.5 Å². The number of methoxy groups -OCH3 is 1. The first-order valence-corrected chi connectivity index (χ1v) is 6.09. The third-order valence-corrected chi connectivity index (χ3v) is 2.95. The maximum Gasteiger partial charge on any atom is 0.0830 e. The Kier molecular flexibility index (Phi) is 4.51. The molecular weight excluding hydrogens is 224 g/mol. The molecule has 0 spiro atoms. The molecule has 0 radical (unpaired) electrons. The molecule has 18 heavy (non-hydrogen) atoms. The van der Waals surface area contributed by atoms with Gasteiger partial charge in [-0.15, -0.1) is 0 Å². The van der Waals surface area contributed by atoms with Gasteiger partial charge in [-0.1, -0.05) is 54.6 Å². The molecule has 0 aromatic heterocycles. The molecule has 0 aliphatic heterocycles. The molecule has 0 aliphatic rings. The van der Waals surface area contributed by atoms with Crippen LogP contribution >= 0.6 is 0 Å². The summed E-state index contributed by atoms with van der Waals surface area (Å²) in [5, 5.41) is 10.2. The van der Waals surface area contributed by atoms with E-state index in [0.717, 1.165) is 16.7 Å². The molecule has 0 aliphatic carbocycles. The number of hydrogen-bond acceptors (Lipinski definition) is 2. The third kappa shape index (κ3) is 3.42. The zero-order valence-electron chi connectivity index (χ0n) is 10.5. The minimum atomic E-state index is -0.455. The smallest absolute Gasteiger partial charge is 0.0830 e. The maximum absolute atomic E-state index is 10.2. The summed E-state index contributed by atoms with van der Waals surface area (Å²) in [6.45, 7) is 0.606. The van der Waals surface area contributed by atoms with E-state index >= 15 is 0 Å². The lowest BCUT2D eigenvalue weighted by Crippen LogP contribution is -2.02. The highest BCUT2D eigenvalue weighted by Gasteiger charge is 2.08. The molecule has 0 heterocycles. The third-order valence-electron chi connectivity index (χ3n) is 2.95. The van der Waals surface area contributed by atoms with Crippen molar-refractivity contribution >= 4 is 0 Å². The summed E-state index contributed by atoms with van der Waals surface area (Å²) in [7, 11) is 1.68. The van der Waals surface area contributed by atoms with E-state index in [2.05, 4.69) is 0 Å². The van der Waals surface area contributed by atoms with Gasteiger partial charge in [-0.25, -0.2) is 0 Å². The Morgan fingerprint density at radius 3 is 2.22 bits per heavy atom. The molecule has 1 N–H and O–H groups in total. The fourth-order valence-electron chi connectivity index (χ4n) is 1.96. The van der Waals surface area contributed by atoms with Crippen LogP contribution in [0.15, 0.2) is 54.6 Å². The first-order valence-electron chi connectivity index (χ1n) is 6.09. The van der Waals surface area contributed by atoms with Crippen molar-refractivity contribution < 1.29 is 9.84 Å². The van der Waals surface area contributed by atoms with Gasteiger partial charge >= 0.3 is 0 Å². The van der Waals surface area contributed by atoms with E-state index in [1.807, 2.05) is 54.6 Å². The molecule has 0 amide bonds. The average Bonchev–Trinajstić information content (AvgIpc) is 2.41. The minimum Gasteiger partial charge on any atom is -0.388 e. The quantitative estimate of drug-likeness (QED) is 0.873. The maximum atomic E-state index is 10.2. The monoisotopic (exact) mass is 242 g/mol. The van der Waals surface area contributed by atoms with Gasteiger partial charge in [-0.2, -0.15) is 0 Å². The Morgan fingerprint density at radius 1 is 0.944 bits per heavy atom. The summed E-state index contributed by atoms with van der Waals surface area (Å²) in [4.78, 5) is 0. The van der Waals surface area contributed by atoms with E-state index in [9.17, 15) is 5.11 Å². The Bertz CT molecular complexity index is 462. The van der Waals surface area contributed by atoms with Crippen LogP contribution in [-0.4, -0.2) is 12.2 Å². The molecule has 2 aromatic rings. The SMILES string of the molecule is COCc1ccc(C(O)Cc2ccccc2)cc1. The van der Waals surface area contributed by atoms with E-state index in [0.29, 0.717) is 13.0 Å². The lowest BCUT2D eigenvalue weighted by Gasteiger charge is -2.11. The molecule has 1 atom stereocenters. The van der Waals surface area contributed by atoms with Crippen LogP contribution in [-0.2, 0) is 17.8 Å². The summed E-state index contributed by atoms with van der Waals surface area (Å²) in [6, 6.07) is 17.9. The van der Waals surface area contributed by atoms with E-state index in [4.69, 9.17) is 4.74 Å². The predicted octanol–water partition coefficient (Wildman–Crippen LogP) is 3.11. The van der Waals surface area contributed by atoms with Gasteiger partial charge in [0.2, 0.25) is 0 Å². The van der Waals surface area contributed by atoms with Crippen LogP contribution in [0, 0.1) is 0 Å². The molecule has 2 heteroatoms. The first kappa shape index (κ1) is 12.8. The number of rotatable bonds is 5. The summed E-state index contributed by atoms with van der Waals surface area (Å²) in [5.74, 6) is 0. The molecule has 0 saturated carbocycles. The van der Waals surface area contributed by atoms with Gasteiger partial charge in [-0.05, 0) is 16.7 Å². The zero-order chi connectivity index (χ0) is 12.8. The van der Waals surface area contributed by atoms with Crippen LogP contribution in [0.4, 0.5) is 0 Å². The molecular formula is C16H18O2. The number of aliphatic hydroxyl groups is 1. The van der Waals surface area contributed by atoms with E-state index in [-0.39, 0.29) is 0 Å². The number of benzene rings is 2. The molecule has 2 aromatic carbocycles. The largest absolute Gasteiger partial charge is 0.388 e. The second-order valence-corrected chi connectivity index (χ2v) is 4.38. The van der Waals surface area contributed by atoms with Crippen molar-refractivity contribution in [3.63, 3.8) is 0 Å². The Morgan fingerprint density at radius 2 is 1.61 bits per heavy atom. The molecule has 0 bridgehead atoms. The van der Waals surface area contributed by atoms with E-state index < -0.39 is 6.10 Å². The fourth-order valence-corrected chi connectivity index (χ4v) is 1.96. The van der Waals surface area contributed by atoms with Crippen molar-refractivity contribution in [3.8, 4) is 0 Å². The zero-order valence-corrected chi connectivity index (χ0v) is 10.5. The first-order chi connectivity index (χ1) is 8.79. The fraction of sp³-hybridized carbons (Fsp3) is 0.250. The van der Waals surface area contributed by atoms with Crippen LogP contribution in [0.1, 0.15) is 22.8 Å². The highest BCUT2D eigenvalue weighted by molar-refractivity contribution is 5.26. The standard InChI is InChI=1S/C16H18O2/c1-18-12-14-7-9-15(10-8-14)16(17)11-13-5-3-2-4-6-13/h2-10,16-17H,11-12H2,1H3. The number of hydrogen-bond donors (Lipinski definition) is 1. The topological polar surface area (TPSA) is 29.5 Å². The lowest BCUT2D eigenvalue weighted by atomic mass is 10.0. The Balaban J connectivity index is 2.02. The summed E-state index contributed by atoms with van der Waals surface area (Å²) < 4.78 is 5.06. The minimum absolute atomic E-state index is 0.455. The highest BCUT2D eigenvalue weighted by atomic mass is 16.5. The van der Waals surface area contributed by atoms with Crippen molar-refractivity contribution in [2.24, 2.45) is 0 Å².